The molecule has 0 aliphatic rings. The Labute approximate surface area is 149 Å². The number of rotatable bonds is 12. The van der Waals surface area contributed by atoms with Crippen LogP contribution in [0.4, 0.5) is 0 Å². The van der Waals surface area contributed by atoms with Gasteiger partial charge in [0.05, 0.1) is 5.97 Å². The van der Waals surface area contributed by atoms with Gasteiger partial charge in [0.1, 0.15) is 6.04 Å². The Morgan fingerprint density at radius 2 is 1.68 bits per heavy atom. The molecule has 0 aliphatic heterocycles. The largest absolute Gasteiger partial charge is 0.547 e. The second-order valence-electron chi connectivity index (χ2n) is 6.38. The van der Waals surface area contributed by atoms with E-state index in [1.807, 2.05) is 6.07 Å². The minimum Gasteiger partial charge on any atom is -0.547 e. The number of aromatic nitrogens is 4. The summed E-state index contributed by atoms with van der Waals surface area (Å²) in [5.41, 5.74) is 0.582. The number of hydrogen-bond acceptors (Lipinski definition) is 5. The molecule has 0 saturated heterocycles. The number of hydrogen-bond donors (Lipinski definition) is 0. The van der Waals surface area contributed by atoms with Gasteiger partial charge >= 0.3 is 0 Å². The van der Waals surface area contributed by atoms with Crippen molar-refractivity contribution in [2.24, 2.45) is 0 Å². The third kappa shape index (κ3) is 6.29. The number of benzene rings is 1. The summed E-state index contributed by atoms with van der Waals surface area (Å²) >= 11 is 0. The van der Waals surface area contributed by atoms with Gasteiger partial charge in [0.2, 0.25) is 0 Å². The molecule has 0 saturated carbocycles. The normalized spacial score (nSPS) is 12.2. The maximum absolute atomic E-state index is 11.5. The fraction of sp³-hybridized carbons (Fsp3) is 0.579. The van der Waals surface area contributed by atoms with Gasteiger partial charge < -0.3 is 9.90 Å². The van der Waals surface area contributed by atoms with E-state index in [0.717, 1.165) is 24.1 Å². The zero-order chi connectivity index (χ0) is 17.9. The first-order valence-corrected chi connectivity index (χ1v) is 9.26. The Morgan fingerprint density at radius 3 is 2.32 bits per heavy atom. The third-order valence-electron chi connectivity index (χ3n) is 4.29. The molecule has 2 rings (SSSR count). The predicted octanol–water partition coefficient (Wildman–Crippen LogP) is 2.70. The summed E-state index contributed by atoms with van der Waals surface area (Å²) in [7, 11) is 0. The Hall–Kier alpha value is -2.24. The number of unbranched alkanes of at least 4 members (excludes halogenated alkanes) is 7. The van der Waals surface area contributed by atoms with Crippen LogP contribution in [-0.2, 0) is 11.2 Å². The molecule has 1 atom stereocenters. The highest BCUT2D eigenvalue weighted by Gasteiger charge is 2.18. The van der Waals surface area contributed by atoms with E-state index in [1.165, 1.54) is 38.5 Å². The molecule has 1 aromatic heterocycles. The van der Waals surface area contributed by atoms with Crippen LogP contribution in [0.15, 0.2) is 30.3 Å². The van der Waals surface area contributed by atoms with Crippen molar-refractivity contribution in [3.63, 3.8) is 0 Å². The number of nitrogens with zero attached hydrogens (tertiary/aromatic N) is 4. The van der Waals surface area contributed by atoms with Crippen LogP contribution in [-0.4, -0.2) is 26.2 Å². The number of carbonyl (C=O) groups excluding carboxylic acids is 1. The van der Waals surface area contributed by atoms with Crippen molar-refractivity contribution >= 4 is 5.97 Å². The number of aliphatic carboxylic acids is 1. The molecule has 0 spiro atoms. The lowest BCUT2D eigenvalue weighted by molar-refractivity contribution is -0.309. The van der Waals surface area contributed by atoms with Gasteiger partial charge in [-0.3, -0.25) is 0 Å². The average Bonchev–Trinajstić information content (AvgIpc) is 3.06. The van der Waals surface area contributed by atoms with E-state index in [9.17, 15) is 9.90 Å². The summed E-state index contributed by atoms with van der Waals surface area (Å²) in [6.07, 6.45) is 10.6. The van der Waals surface area contributed by atoms with Crippen LogP contribution in [0.25, 0.3) is 0 Å². The highest BCUT2D eigenvalue weighted by atomic mass is 16.4. The van der Waals surface area contributed by atoms with E-state index < -0.39 is 12.0 Å². The highest BCUT2D eigenvalue weighted by Crippen LogP contribution is 2.16. The molecule has 1 unspecified atom stereocenters. The van der Waals surface area contributed by atoms with Crippen molar-refractivity contribution < 1.29 is 9.90 Å². The van der Waals surface area contributed by atoms with Gasteiger partial charge in [0, 0.05) is 6.42 Å². The van der Waals surface area contributed by atoms with Crippen molar-refractivity contribution in [2.45, 2.75) is 70.8 Å². The summed E-state index contributed by atoms with van der Waals surface area (Å²) in [5.74, 6) is -0.643. The molecule has 6 nitrogen and oxygen atoms in total. The van der Waals surface area contributed by atoms with Gasteiger partial charge in [-0.1, -0.05) is 82.2 Å². The number of carboxylic acids is 1. The van der Waals surface area contributed by atoms with Crippen LogP contribution < -0.4 is 5.11 Å². The molecule has 1 heterocycles. The van der Waals surface area contributed by atoms with E-state index >= 15 is 0 Å². The van der Waals surface area contributed by atoms with Crippen LogP contribution in [0.1, 0.15) is 75.7 Å². The first-order valence-electron chi connectivity index (χ1n) is 9.26. The molecule has 25 heavy (non-hydrogen) atoms. The molecule has 136 valence electrons. The maximum atomic E-state index is 11.5. The van der Waals surface area contributed by atoms with Gasteiger partial charge in [0.25, 0.3) is 0 Å². The highest BCUT2D eigenvalue weighted by molar-refractivity contribution is 5.73. The van der Waals surface area contributed by atoms with Crippen molar-refractivity contribution in [3.05, 3.63) is 41.7 Å². The minimum absolute atomic E-state index is 0.582. The first-order chi connectivity index (χ1) is 12.2. The molecule has 0 bridgehead atoms. The van der Waals surface area contributed by atoms with E-state index in [1.54, 1.807) is 24.3 Å². The molecule has 2 aromatic rings. The van der Waals surface area contributed by atoms with E-state index in [0.29, 0.717) is 11.4 Å². The number of tetrazole rings is 1. The smallest absolute Gasteiger partial charge is 0.174 e. The van der Waals surface area contributed by atoms with Crippen LogP contribution in [0.3, 0.4) is 0 Å². The fourth-order valence-corrected chi connectivity index (χ4v) is 2.88. The zero-order valence-corrected chi connectivity index (χ0v) is 14.9. The van der Waals surface area contributed by atoms with E-state index in [-0.39, 0.29) is 0 Å². The van der Waals surface area contributed by atoms with Gasteiger partial charge in [-0.05, 0) is 17.2 Å². The third-order valence-corrected chi connectivity index (χ3v) is 4.29. The lowest BCUT2D eigenvalue weighted by Gasteiger charge is -2.16. The quantitative estimate of drug-likeness (QED) is 0.553. The predicted molar refractivity (Wildman–Crippen MR) is 93.7 cm³/mol. The molecule has 1 aromatic carbocycles. The van der Waals surface area contributed by atoms with Crippen LogP contribution >= 0.6 is 0 Å². The summed E-state index contributed by atoms with van der Waals surface area (Å²) in [6.45, 7) is 2.23. The summed E-state index contributed by atoms with van der Waals surface area (Å²) < 4.78 is 0. The molecule has 0 aliphatic carbocycles. The SMILES string of the molecule is CCCCCCCCCCc1nnn(C(C(=O)[O-])c2ccccc2)n1. The topological polar surface area (TPSA) is 83.7 Å². The average molecular weight is 343 g/mol. The molecule has 0 amide bonds. The lowest BCUT2D eigenvalue weighted by Crippen LogP contribution is -2.35. The van der Waals surface area contributed by atoms with Crippen molar-refractivity contribution in [1.82, 2.24) is 20.2 Å². The molecule has 0 N–H and O–H groups in total. The van der Waals surface area contributed by atoms with Gasteiger partial charge in [0.15, 0.2) is 5.82 Å². The molecular formula is C19H27N4O2-. The Kier molecular flexibility index (Phi) is 8.09. The van der Waals surface area contributed by atoms with Crippen LogP contribution in [0.5, 0.6) is 0 Å². The maximum Gasteiger partial charge on any atom is 0.174 e. The van der Waals surface area contributed by atoms with E-state index in [4.69, 9.17) is 0 Å². The lowest BCUT2D eigenvalue weighted by atomic mass is 10.1. The van der Waals surface area contributed by atoms with Gasteiger partial charge in [-0.15, -0.1) is 10.2 Å². The fourth-order valence-electron chi connectivity index (χ4n) is 2.88. The minimum atomic E-state index is -1.23. The Bertz CT molecular complexity index is 627. The standard InChI is InChI=1S/C19H28N4O2/c1-2-3-4-5-6-7-8-12-15-17-20-22-23(21-17)18(19(24)25)16-13-10-9-11-14-16/h9-11,13-14,18H,2-8,12,15H2,1H3,(H,24,25)/p-1. The van der Waals surface area contributed by atoms with Crippen molar-refractivity contribution in [2.75, 3.05) is 0 Å². The number of aryl methyl sites for hydroxylation is 1. The molecule has 6 heteroatoms. The van der Waals surface area contributed by atoms with E-state index in [2.05, 4.69) is 22.3 Å². The van der Waals surface area contributed by atoms with Crippen molar-refractivity contribution in [1.29, 1.82) is 0 Å². The van der Waals surface area contributed by atoms with Crippen LogP contribution in [0, 0.1) is 0 Å². The monoisotopic (exact) mass is 343 g/mol. The number of carbonyl (C=O) groups is 1. The Balaban J connectivity index is 1.80. The second-order valence-corrected chi connectivity index (χ2v) is 6.38. The summed E-state index contributed by atoms with van der Waals surface area (Å²) in [4.78, 5) is 12.6. The summed E-state index contributed by atoms with van der Waals surface area (Å²) in [6, 6.07) is 7.80. The van der Waals surface area contributed by atoms with Gasteiger partial charge in [-0.25, -0.2) is 0 Å². The van der Waals surface area contributed by atoms with Gasteiger partial charge in [-0.2, -0.15) is 4.80 Å². The second kappa shape index (κ2) is 10.6. The zero-order valence-electron chi connectivity index (χ0n) is 14.9. The first kappa shape index (κ1) is 19.1. The molecule has 0 fully saturated rings. The molecule has 0 radical (unpaired) electrons. The Morgan fingerprint density at radius 1 is 1.04 bits per heavy atom. The summed E-state index contributed by atoms with van der Waals surface area (Å²) in [5, 5.41) is 23.6. The van der Waals surface area contributed by atoms with Crippen LogP contribution in [0.2, 0.25) is 0 Å². The number of carboxylic acid groups (broad SMARTS) is 1. The molecular weight excluding hydrogens is 316 g/mol. The van der Waals surface area contributed by atoms with Crippen molar-refractivity contribution in [3.8, 4) is 0 Å².